The fourth-order valence-corrected chi connectivity index (χ4v) is 3.12. The Balaban J connectivity index is 1.95. The van der Waals surface area contributed by atoms with Crippen LogP contribution in [0.2, 0.25) is 0 Å². The minimum atomic E-state index is -0.222. The number of aromatic nitrogens is 1. The van der Waals surface area contributed by atoms with Crippen LogP contribution in [-0.4, -0.2) is 17.6 Å². The molecule has 0 bridgehead atoms. The van der Waals surface area contributed by atoms with Crippen molar-refractivity contribution in [2.24, 2.45) is 0 Å². The third-order valence-electron chi connectivity index (χ3n) is 4.35. The highest BCUT2D eigenvalue weighted by atomic mass is 16.5. The Bertz CT molecular complexity index is 1170. The lowest BCUT2D eigenvalue weighted by atomic mass is 10.1. The number of benzene rings is 3. The summed E-state index contributed by atoms with van der Waals surface area (Å²) in [7, 11) is 1.55. The zero-order valence-corrected chi connectivity index (χ0v) is 13.6. The number of nitrogens with zero attached hydrogens (tertiary/aromatic N) is 2. The molecule has 4 heteroatoms. The maximum absolute atomic E-state index is 13.2. The summed E-state index contributed by atoms with van der Waals surface area (Å²) in [6, 6.07) is 21.0. The molecule has 4 aromatic rings. The number of ether oxygens (including phenoxy) is 1. The molecule has 0 amide bonds. The van der Waals surface area contributed by atoms with Gasteiger partial charge in [-0.1, -0.05) is 42.5 Å². The van der Waals surface area contributed by atoms with Crippen LogP contribution in [0.1, 0.15) is 15.9 Å². The summed E-state index contributed by atoms with van der Waals surface area (Å²) in [4.78, 5) is 13.2. The second-order valence-corrected chi connectivity index (χ2v) is 5.75. The number of hydrogen-bond acceptors (Lipinski definition) is 3. The van der Waals surface area contributed by atoms with Crippen LogP contribution in [0.25, 0.3) is 21.7 Å². The molecule has 0 saturated heterocycles. The van der Waals surface area contributed by atoms with Gasteiger partial charge in [0.1, 0.15) is 11.8 Å². The van der Waals surface area contributed by atoms with Crippen LogP contribution in [0.3, 0.4) is 0 Å². The summed E-state index contributed by atoms with van der Waals surface area (Å²) < 4.78 is 6.96. The first-order valence-electron chi connectivity index (χ1n) is 7.84. The van der Waals surface area contributed by atoms with E-state index in [0.717, 1.165) is 16.2 Å². The van der Waals surface area contributed by atoms with E-state index in [1.165, 1.54) is 4.57 Å². The zero-order chi connectivity index (χ0) is 17.4. The van der Waals surface area contributed by atoms with Crippen molar-refractivity contribution in [2.75, 3.05) is 7.11 Å². The van der Waals surface area contributed by atoms with Gasteiger partial charge in [-0.25, -0.2) is 0 Å². The Hall–Kier alpha value is -3.58. The molecule has 4 nitrogen and oxygen atoms in total. The lowest BCUT2D eigenvalue weighted by Gasteiger charge is -2.11. The summed E-state index contributed by atoms with van der Waals surface area (Å²) in [6.07, 6.45) is 1.58. The Labute approximate surface area is 144 Å². The van der Waals surface area contributed by atoms with Gasteiger partial charge in [0.25, 0.3) is 5.91 Å². The SMILES string of the molecule is COc1cc2ccccc2cc1C(=O)n1cc(C#N)c2ccccc21. The molecular formula is C21H14N2O2. The molecule has 0 fully saturated rings. The molecule has 0 aliphatic rings. The third-order valence-corrected chi connectivity index (χ3v) is 4.35. The second-order valence-electron chi connectivity index (χ2n) is 5.75. The van der Waals surface area contributed by atoms with E-state index in [1.54, 1.807) is 13.3 Å². The summed E-state index contributed by atoms with van der Waals surface area (Å²) in [5.74, 6) is 0.292. The fraction of sp³-hybridized carbons (Fsp3) is 0.0476. The maximum Gasteiger partial charge on any atom is 0.266 e. The highest BCUT2D eigenvalue weighted by molar-refractivity contribution is 6.07. The lowest BCUT2D eigenvalue weighted by Crippen LogP contribution is -2.12. The number of hydrogen-bond donors (Lipinski definition) is 0. The normalized spacial score (nSPS) is 10.7. The molecule has 1 aromatic heterocycles. The van der Waals surface area contributed by atoms with Crippen molar-refractivity contribution in [2.45, 2.75) is 0 Å². The Morgan fingerprint density at radius 2 is 1.72 bits per heavy atom. The summed E-state index contributed by atoms with van der Waals surface area (Å²) >= 11 is 0. The van der Waals surface area contributed by atoms with Gasteiger partial charge in [0, 0.05) is 11.6 Å². The highest BCUT2D eigenvalue weighted by Crippen LogP contribution is 2.29. The number of methoxy groups -OCH3 is 1. The van der Waals surface area contributed by atoms with E-state index in [-0.39, 0.29) is 5.91 Å². The van der Waals surface area contributed by atoms with E-state index in [1.807, 2.05) is 60.7 Å². The molecule has 0 spiro atoms. The number of carbonyl (C=O) groups excluding carboxylic acids is 1. The smallest absolute Gasteiger partial charge is 0.266 e. The molecule has 1 heterocycles. The standard InChI is InChI=1S/C21H14N2O2/c1-25-20-11-15-7-3-2-6-14(15)10-18(20)21(24)23-13-16(12-22)17-8-4-5-9-19(17)23/h2-11,13H,1H3. The maximum atomic E-state index is 13.2. The molecule has 0 aliphatic carbocycles. The first kappa shape index (κ1) is 15.0. The van der Waals surface area contributed by atoms with Crippen LogP contribution in [0.4, 0.5) is 0 Å². The number of carbonyl (C=O) groups is 1. The van der Waals surface area contributed by atoms with Gasteiger partial charge in [0.15, 0.2) is 0 Å². The first-order valence-corrected chi connectivity index (χ1v) is 7.84. The molecule has 3 aromatic carbocycles. The van der Waals surface area contributed by atoms with E-state index in [9.17, 15) is 10.1 Å². The van der Waals surface area contributed by atoms with Crippen molar-refractivity contribution in [3.8, 4) is 11.8 Å². The minimum Gasteiger partial charge on any atom is -0.496 e. The molecule has 0 N–H and O–H groups in total. The summed E-state index contributed by atoms with van der Waals surface area (Å²) in [5, 5.41) is 12.1. The molecule has 0 atom stereocenters. The van der Waals surface area contributed by atoms with Crippen LogP contribution in [0.15, 0.2) is 66.9 Å². The quantitative estimate of drug-likeness (QED) is 0.550. The Morgan fingerprint density at radius 1 is 1.04 bits per heavy atom. The van der Waals surface area contributed by atoms with Gasteiger partial charge >= 0.3 is 0 Å². The van der Waals surface area contributed by atoms with Crippen molar-refractivity contribution >= 4 is 27.6 Å². The van der Waals surface area contributed by atoms with Crippen LogP contribution >= 0.6 is 0 Å². The molecule has 0 radical (unpaired) electrons. The van der Waals surface area contributed by atoms with Crippen LogP contribution in [0.5, 0.6) is 5.75 Å². The van der Waals surface area contributed by atoms with Crippen molar-refractivity contribution in [3.63, 3.8) is 0 Å². The second kappa shape index (κ2) is 5.81. The average molecular weight is 326 g/mol. The predicted molar refractivity (Wildman–Crippen MR) is 96.9 cm³/mol. The average Bonchev–Trinajstić information content (AvgIpc) is 3.05. The van der Waals surface area contributed by atoms with Gasteiger partial charge in [0.2, 0.25) is 0 Å². The molecule has 4 rings (SSSR count). The number of nitriles is 1. The Kier molecular flexibility index (Phi) is 3.48. The zero-order valence-electron chi connectivity index (χ0n) is 13.6. The minimum absolute atomic E-state index is 0.222. The van der Waals surface area contributed by atoms with Crippen molar-refractivity contribution in [1.82, 2.24) is 4.57 Å². The van der Waals surface area contributed by atoms with Gasteiger partial charge in [-0.15, -0.1) is 0 Å². The van der Waals surface area contributed by atoms with E-state index >= 15 is 0 Å². The van der Waals surface area contributed by atoms with Crippen molar-refractivity contribution in [3.05, 3.63) is 78.0 Å². The molecule has 0 saturated carbocycles. The Morgan fingerprint density at radius 3 is 2.44 bits per heavy atom. The first-order chi connectivity index (χ1) is 12.2. The van der Waals surface area contributed by atoms with Gasteiger partial charge in [-0.3, -0.25) is 9.36 Å². The lowest BCUT2D eigenvalue weighted by molar-refractivity contribution is 0.0962. The third kappa shape index (κ3) is 2.34. The molecule has 0 aliphatic heterocycles. The predicted octanol–water partition coefficient (Wildman–Crippen LogP) is 4.36. The molecule has 120 valence electrons. The monoisotopic (exact) mass is 326 g/mol. The summed E-state index contributed by atoms with van der Waals surface area (Å²) in [5.41, 5.74) is 1.65. The molecule has 0 unspecified atom stereocenters. The fourth-order valence-electron chi connectivity index (χ4n) is 3.12. The molecular weight excluding hydrogens is 312 g/mol. The largest absolute Gasteiger partial charge is 0.496 e. The topological polar surface area (TPSA) is 55.0 Å². The van der Waals surface area contributed by atoms with Crippen LogP contribution in [0, 0.1) is 11.3 Å². The van der Waals surface area contributed by atoms with E-state index in [4.69, 9.17) is 4.74 Å². The van der Waals surface area contributed by atoms with Gasteiger partial charge in [0.05, 0.1) is 23.8 Å². The van der Waals surface area contributed by atoms with Gasteiger partial charge < -0.3 is 4.74 Å². The summed E-state index contributed by atoms with van der Waals surface area (Å²) in [6.45, 7) is 0. The number of fused-ring (bicyclic) bond motifs is 2. The van der Waals surface area contributed by atoms with Crippen molar-refractivity contribution < 1.29 is 9.53 Å². The van der Waals surface area contributed by atoms with Gasteiger partial charge in [-0.2, -0.15) is 5.26 Å². The van der Waals surface area contributed by atoms with Crippen LogP contribution in [-0.2, 0) is 0 Å². The molecule has 25 heavy (non-hydrogen) atoms. The van der Waals surface area contributed by atoms with E-state index < -0.39 is 0 Å². The van der Waals surface area contributed by atoms with E-state index in [0.29, 0.717) is 22.4 Å². The number of para-hydroxylation sites is 1. The van der Waals surface area contributed by atoms with Crippen molar-refractivity contribution in [1.29, 1.82) is 5.26 Å². The highest BCUT2D eigenvalue weighted by Gasteiger charge is 2.19. The number of rotatable bonds is 2. The van der Waals surface area contributed by atoms with Gasteiger partial charge in [-0.05, 0) is 29.0 Å². The van der Waals surface area contributed by atoms with Crippen LogP contribution < -0.4 is 4.74 Å². The van der Waals surface area contributed by atoms with E-state index in [2.05, 4.69) is 6.07 Å².